The second kappa shape index (κ2) is 9.09. The third-order valence-corrected chi connectivity index (χ3v) is 6.69. The van der Waals surface area contributed by atoms with E-state index in [2.05, 4.69) is 0 Å². The lowest BCUT2D eigenvalue weighted by molar-refractivity contribution is -0.138. The predicted octanol–water partition coefficient (Wildman–Crippen LogP) is 3.08. The van der Waals surface area contributed by atoms with Crippen LogP contribution < -0.4 is 0 Å². The molecule has 1 heterocycles. The van der Waals surface area contributed by atoms with Gasteiger partial charge < -0.3 is 9.64 Å². The first-order valence-corrected chi connectivity index (χ1v) is 11.3. The van der Waals surface area contributed by atoms with Crippen molar-refractivity contribution in [3.8, 4) is 0 Å². The van der Waals surface area contributed by atoms with Gasteiger partial charge in [-0.05, 0) is 24.1 Å². The van der Waals surface area contributed by atoms with Crippen molar-refractivity contribution in [2.24, 2.45) is 0 Å². The first kappa shape index (κ1) is 22.8. The highest BCUT2D eigenvalue weighted by molar-refractivity contribution is 7.91. The van der Waals surface area contributed by atoms with E-state index in [0.29, 0.717) is 0 Å². The number of benzene rings is 2. The van der Waals surface area contributed by atoms with Gasteiger partial charge in [-0.1, -0.05) is 42.5 Å². The number of esters is 1. The molecule has 31 heavy (non-hydrogen) atoms. The zero-order chi connectivity index (χ0) is 22.6. The number of rotatable bonds is 6. The van der Waals surface area contributed by atoms with Crippen molar-refractivity contribution < 1.29 is 35.9 Å². The van der Waals surface area contributed by atoms with Crippen LogP contribution >= 0.6 is 0 Å². The molecule has 1 saturated heterocycles. The van der Waals surface area contributed by atoms with E-state index >= 15 is 0 Å². The van der Waals surface area contributed by atoms with Gasteiger partial charge in [-0.2, -0.15) is 13.2 Å². The predicted molar refractivity (Wildman–Crippen MR) is 106 cm³/mol. The second-order valence-corrected chi connectivity index (χ2v) is 9.41. The molecule has 0 aliphatic carbocycles. The Kier molecular flexibility index (Phi) is 6.68. The van der Waals surface area contributed by atoms with Crippen LogP contribution in [0.1, 0.15) is 27.9 Å². The molecule has 0 aromatic heterocycles. The molecule has 6 nitrogen and oxygen atoms in total. The summed E-state index contributed by atoms with van der Waals surface area (Å²) in [6.07, 6.45) is -4.51. The number of hydrogen-bond acceptors (Lipinski definition) is 5. The first-order valence-electron chi connectivity index (χ1n) is 9.44. The van der Waals surface area contributed by atoms with E-state index in [4.69, 9.17) is 4.74 Å². The average molecular weight is 455 g/mol. The summed E-state index contributed by atoms with van der Waals surface area (Å²) >= 11 is 0. The van der Waals surface area contributed by atoms with Crippen molar-refractivity contribution in [3.63, 3.8) is 0 Å². The first-order chi connectivity index (χ1) is 14.6. The fraction of sp³-hybridized carbons (Fsp3) is 0.333. The normalized spacial score (nSPS) is 17.8. The Bertz CT molecular complexity index is 1050. The van der Waals surface area contributed by atoms with Gasteiger partial charge in [0.15, 0.2) is 16.4 Å². The largest absolute Gasteiger partial charge is 0.452 e. The van der Waals surface area contributed by atoms with E-state index in [9.17, 15) is 31.2 Å². The SMILES string of the molecule is O=C(OCC(=O)N(Cc1ccccc1)[C@@H]1CCS(=O)(=O)C1)c1ccccc1C(F)(F)F. The van der Waals surface area contributed by atoms with Crippen LogP contribution in [0.15, 0.2) is 54.6 Å². The van der Waals surface area contributed by atoms with Crippen LogP contribution in [0, 0.1) is 0 Å². The van der Waals surface area contributed by atoms with Gasteiger partial charge in [0.1, 0.15) is 0 Å². The molecule has 0 N–H and O–H groups in total. The quantitative estimate of drug-likeness (QED) is 0.626. The maximum absolute atomic E-state index is 13.1. The van der Waals surface area contributed by atoms with Crippen molar-refractivity contribution in [1.82, 2.24) is 4.90 Å². The number of halogens is 3. The molecule has 2 aromatic carbocycles. The van der Waals surface area contributed by atoms with Crippen LogP contribution in [0.3, 0.4) is 0 Å². The lowest BCUT2D eigenvalue weighted by atomic mass is 10.1. The number of ether oxygens (including phenoxy) is 1. The molecule has 1 fully saturated rings. The van der Waals surface area contributed by atoms with E-state index in [1.54, 1.807) is 30.3 Å². The zero-order valence-electron chi connectivity index (χ0n) is 16.3. The summed E-state index contributed by atoms with van der Waals surface area (Å²) < 4.78 is 68.0. The Morgan fingerprint density at radius 2 is 1.68 bits per heavy atom. The Morgan fingerprint density at radius 3 is 2.29 bits per heavy atom. The maximum atomic E-state index is 13.1. The molecule has 0 radical (unpaired) electrons. The molecule has 0 bridgehead atoms. The molecule has 1 atom stereocenters. The van der Waals surface area contributed by atoms with Crippen LogP contribution in [-0.2, 0) is 32.1 Å². The number of carbonyl (C=O) groups excluding carboxylic acids is 2. The van der Waals surface area contributed by atoms with E-state index in [1.807, 2.05) is 0 Å². The molecular formula is C21H20F3NO5S. The van der Waals surface area contributed by atoms with Gasteiger partial charge >= 0.3 is 12.1 Å². The minimum absolute atomic E-state index is 0.0605. The highest BCUT2D eigenvalue weighted by atomic mass is 32.2. The van der Waals surface area contributed by atoms with Crippen LogP contribution in [0.25, 0.3) is 0 Å². The van der Waals surface area contributed by atoms with Gasteiger partial charge in [-0.25, -0.2) is 13.2 Å². The van der Waals surface area contributed by atoms with Crippen LogP contribution in [0.4, 0.5) is 13.2 Å². The maximum Gasteiger partial charge on any atom is 0.417 e. The molecule has 3 rings (SSSR count). The summed E-state index contributed by atoms with van der Waals surface area (Å²) in [6, 6.07) is 12.4. The molecular weight excluding hydrogens is 435 g/mol. The molecule has 1 aliphatic rings. The Labute approximate surface area is 177 Å². The van der Waals surface area contributed by atoms with Gasteiger partial charge in [0.25, 0.3) is 5.91 Å². The van der Waals surface area contributed by atoms with Crippen LogP contribution in [0.2, 0.25) is 0 Å². The molecule has 2 aromatic rings. The number of alkyl halides is 3. The van der Waals surface area contributed by atoms with Crippen molar-refractivity contribution in [2.45, 2.75) is 25.2 Å². The Balaban J connectivity index is 1.74. The molecule has 0 spiro atoms. The topological polar surface area (TPSA) is 80.8 Å². The minimum atomic E-state index is -4.75. The molecule has 0 saturated carbocycles. The lowest BCUT2D eigenvalue weighted by Crippen LogP contribution is -2.42. The van der Waals surface area contributed by atoms with E-state index in [1.165, 1.54) is 11.0 Å². The van der Waals surface area contributed by atoms with Gasteiger partial charge in [0, 0.05) is 12.6 Å². The van der Waals surface area contributed by atoms with Gasteiger partial charge in [-0.3, -0.25) is 4.79 Å². The monoisotopic (exact) mass is 455 g/mol. The standard InChI is InChI=1S/C21H20F3NO5S/c22-21(23,24)18-9-5-4-8-17(18)20(27)30-13-19(26)25(12-15-6-2-1-3-7-15)16-10-11-31(28,29)14-16/h1-9,16H,10-14H2/t16-/m1/s1. The van der Waals surface area contributed by atoms with Gasteiger partial charge in [0.05, 0.1) is 22.6 Å². The second-order valence-electron chi connectivity index (χ2n) is 7.18. The third-order valence-electron chi connectivity index (χ3n) is 4.94. The third kappa shape index (κ3) is 5.84. The number of nitrogens with zero attached hydrogens (tertiary/aromatic N) is 1. The highest BCUT2D eigenvalue weighted by Gasteiger charge is 2.37. The Hall–Kier alpha value is -2.88. The molecule has 10 heteroatoms. The average Bonchev–Trinajstić information content (AvgIpc) is 3.09. The molecule has 0 unspecified atom stereocenters. The van der Waals surface area contributed by atoms with Gasteiger partial charge in [-0.15, -0.1) is 0 Å². The fourth-order valence-corrected chi connectivity index (χ4v) is 5.15. The summed E-state index contributed by atoms with van der Waals surface area (Å²) in [7, 11) is -3.29. The fourth-order valence-electron chi connectivity index (χ4n) is 3.42. The summed E-state index contributed by atoms with van der Waals surface area (Å²) in [5.41, 5.74) is -1.11. The Morgan fingerprint density at radius 1 is 1.03 bits per heavy atom. The van der Waals surface area contributed by atoms with Gasteiger partial charge in [0.2, 0.25) is 0 Å². The summed E-state index contributed by atoms with van der Waals surface area (Å²) in [5, 5.41) is 0. The van der Waals surface area contributed by atoms with E-state index in [-0.39, 0.29) is 24.5 Å². The van der Waals surface area contributed by atoms with E-state index in [0.717, 1.165) is 23.8 Å². The van der Waals surface area contributed by atoms with Crippen molar-refractivity contribution in [2.75, 3.05) is 18.1 Å². The van der Waals surface area contributed by atoms with E-state index < -0.39 is 51.7 Å². The number of carbonyl (C=O) groups is 2. The number of hydrogen-bond donors (Lipinski definition) is 0. The summed E-state index contributed by atoms with van der Waals surface area (Å²) in [4.78, 5) is 26.3. The summed E-state index contributed by atoms with van der Waals surface area (Å²) in [5.74, 6) is -2.23. The van der Waals surface area contributed by atoms with Crippen molar-refractivity contribution >= 4 is 21.7 Å². The number of sulfone groups is 1. The van der Waals surface area contributed by atoms with Crippen molar-refractivity contribution in [1.29, 1.82) is 0 Å². The van der Waals surface area contributed by atoms with Crippen LogP contribution in [-0.4, -0.2) is 49.3 Å². The van der Waals surface area contributed by atoms with Crippen LogP contribution in [0.5, 0.6) is 0 Å². The zero-order valence-corrected chi connectivity index (χ0v) is 17.2. The highest BCUT2D eigenvalue weighted by Crippen LogP contribution is 2.32. The van der Waals surface area contributed by atoms with Crippen molar-refractivity contribution in [3.05, 3.63) is 71.3 Å². The lowest BCUT2D eigenvalue weighted by Gasteiger charge is -2.28. The number of amides is 1. The molecule has 1 amide bonds. The molecule has 166 valence electrons. The molecule has 1 aliphatic heterocycles. The minimum Gasteiger partial charge on any atom is -0.452 e. The smallest absolute Gasteiger partial charge is 0.417 e. The summed E-state index contributed by atoms with van der Waals surface area (Å²) in [6.45, 7) is -0.703.